The zero-order valence-electron chi connectivity index (χ0n) is 30.8. The summed E-state index contributed by atoms with van der Waals surface area (Å²) in [5, 5.41) is 9.19. The van der Waals surface area contributed by atoms with Crippen molar-refractivity contribution in [1.29, 1.82) is 0 Å². The number of aromatic nitrogens is 3. The highest BCUT2D eigenvalue weighted by Gasteiger charge is 2.71. The number of carbonyl (C=O) groups is 2. The third kappa shape index (κ3) is 4.67. The third-order valence-corrected chi connectivity index (χ3v) is 15.0. The van der Waals surface area contributed by atoms with Gasteiger partial charge in [0, 0.05) is 30.7 Å². The zero-order valence-corrected chi connectivity index (χ0v) is 30.8. The molecule has 0 bridgehead atoms. The van der Waals surface area contributed by atoms with E-state index in [1.165, 1.54) is 5.57 Å². The molecule has 8 atom stereocenters. The van der Waals surface area contributed by atoms with Crippen LogP contribution in [0.25, 0.3) is 11.5 Å². The number of nitrogens with zero attached hydrogens (tertiary/aromatic N) is 3. The lowest BCUT2D eigenvalue weighted by Crippen LogP contribution is -2.66. The molecule has 7 nitrogen and oxygen atoms in total. The number of rotatable bonds is 6. The molecule has 0 saturated heterocycles. The molecular weight excluding hydrogens is 598 g/mol. The Morgan fingerprint density at radius 2 is 1.71 bits per heavy atom. The molecule has 4 fully saturated rings. The molecule has 2 heterocycles. The van der Waals surface area contributed by atoms with E-state index >= 15 is 0 Å². The Labute approximate surface area is 287 Å². The van der Waals surface area contributed by atoms with E-state index in [0.29, 0.717) is 48.3 Å². The number of ether oxygens (including phenoxy) is 1. The molecule has 48 heavy (non-hydrogen) atoms. The van der Waals surface area contributed by atoms with Gasteiger partial charge in [-0.05, 0) is 120 Å². The van der Waals surface area contributed by atoms with Gasteiger partial charge in [0.15, 0.2) is 5.78 Å². The van der Waals surface area contributed by atoms with Crippen LogP contribution in [0.3, 0.4) is 0 Å². The van der Waals surface area contributed by atoms with Crippen LogP contribution >= 0.6 is 0 Å². The molecule has 7 rings (SSSR count). The fraction of sp³-hybridized carbons (Fsp3) is 0.732. The minimum atomic E-state index is -0.529. The highest BCUT2D eigenvalue weighted by Crippen LogP contribution is 2.76. The minimum Gasteiger partial charge on any atom is -0.462 e. The maximum absolute atomic E-state index is 14.1. The van der Waals surface area contributed by atoms with Gasteiger partial charge in [-0.15, -0.1) is 10.2 Å². The highest BCUT2D eigenvalue weighted by atomic mass is 16.5. The molecule has 0 aliphatic heterocycles. The van der Waals surface area contributed by atoms with Gasteiger partial charge in [0.2, 0.25) is 11.8 Å². The van der Waals surface area contributed by atoms with Crippen molar-refractivity contribution in [2.75, 3.05) is 0 Å². The molecule has 5 aliphatic rings. The van der Waals surface area contributed by atoms with Crippen LogP contribution in [0.2, 0.25) is 0 Å². The van der Waals surface area contributed by atoms with Crippen LogP contribution in [0.4, 0.5) is 0 Å². The molecule has 4 saturated carbocycles. The first-order valence-electron chi connectivity index (χ1n) is 18.8. The molecule has 8 unspecified atom stereocenters. The Morgan fingerprint density at radius 3 is 2.40 bits per heavy atom. The van der Waals surface area contributed by atoms with E-state index in [1.54, 1.807) is 12.4 Å². The lowest BCUT2D eigenvalue weighted by molar-refractivity contribution is -0.232. The molecule has 0 radical (unpaired) electrons. The summed E-state index contributed by atoms with van der Waals surface area (Å²) in [5.74, 6) is 3.12. The summed E-state index contributed by atoms with van der Waals surface area (Å²) in [7, 11) is 0. The molecule has 2 aromatic rings. The van der Waals surface area contributed by atoms with Crippen molar-refractivity contribution >= 4 is 11.8 Å². The second kappa shape index (κ2) is 11.3. The molecule has 260 valence electrons. The van der Waals surface area contributed by atoms with Crippen molar-refractivity contribution in [2.24, 2.45) is 51.2 Å². The summed E-state index contributed by atoms with van der Waals surface area (Å²) in [5.41, 5.74) is 2.90. The summed E-state index contributed by atoms with van der Waals surface area (Å²) in [4.78, 5) is 31.2. The van der Waals surface area contributed by atoms with Crippen LogP contribution in [0.5, 0.6) is 0 Å². The summed E-state index contributed by atoms with van der Waals surface area (Å²) >= 11 is 0. The SMILES string of the molecule is CC(C)CC(=O)OC1CCC2(C)C(CCC3(C)C2CCC2C4=C(C(C)C)C(=O)CC4(c4nnc(-c5cccnc5)o4)CCC23C)C1(C)C. The Balaban J connectivity index is 1.24. The summed E-state index contributed by atoms with van der Waals surface area (Å²) in [6.45, 7) is 21.1. The van der Waals surface area contributed by atoms with Crippen molar-refractivity contribution in [3.63, 3.8) is 0 Å². The molecule has 0 spiro atoms. The van der Waals surface area contributed by atoms with Crippen LogP contribution in [-0.4, -0.2) is 33.0 Å². The van der Waals surface area contributed by atoms with Crippen molar-refractivity contribution < 1.29 is 18.7 Å². The third-order valence-electron chi connectivity index (χ3n) is 15.0. The number of carbonyl (C=O) groups excluding carboxylic acids is 2. The first-order chi connectivity index (χ1) is 22.6. The predicted octanol–water partition coefficient (Wildman–Crippen LogP) is 9.32. The molecule has 0 amide bonds. The molecule has 2 aromatic heterocycles. The lowest BCUT2D eigenvalue weighted by atomic mass is 9.33. The van der Waals surface area contributed by atoms with Crippen LogP contribution in [0.1, 0.15) is 132 Å². The fourth-order valence-electron chi connectivity index (χ4n) is 12.6. The smallest absolute Gasteiger partial charge is 0.306 e. The largest absolute Gasteiger partial charge is 0.462 e. The highest BCUT2D eigenvalue weighted by molar-refractivity contribution is 6.01. The van der Waals surface area contributed by atoms with Gasteiger partial charge in [-0.1, -0.05) is 62.3 Å². The number of fused-ring (bicyclic) bond motifs is 7. The molecule has 0 aromatic carbocycles. The first kappa shape index (κ1) is 33.7. The maximum Gasteiger partial charge on any atom is 0.306 e. The monoisotopic (exact) mass is 655 g/mol. The van der Waals surface area contributed by atoms with Crippen LogP contribution in [-0.2, 0) is 19.7 Å². The summed E-state index contributed by atoms with van der Waals surface area (Å²) in [6.07, 6.45) is 12.9. The minimum absolute atomic E-state index is 0.0253. The van der Waals surface area contributed by atoms with Gasteiger partial charge < -0.3 is 9.15 Å². The number of Topliss-reactive ketones (excluding diaryl/α,β-unsaturated/α-hetero) is 1. The molecule has 5 aliphatic carbocycles. The number of hydrogen-bond donors (Lipinski definition) is 0. The van der Waals surface area contributed by atoms with Gasteiger partial charge in [0.1, 0.15) is 6.10 Å². The Kier molecular flexibility index (Phi) is 7.96. The van der Waals surface area contributed by atoms with E-state index in [2.05, 4.69) is 72.4 Å². The molecule has 0 N–H and O–H groups in total. The fourth-order valence-corrected chi connectivity index (χ4v) is 12.6. The standard InChI is InChI=1S/C41H57N3O4/c1-24(2)21-32(46)47-31-15-16-38(7)29(37(31,5)6)14-17-40(9)30(38)13-12-27-34-33(25(3)4)28(45)22-41(34,19-18-39(27,40)8)36-44-43-35(48-36)26-11-10-20-42-23-26/h10-11,20,23-25,27,29-31H,12-19,21-22H2,1-9H3. The Hall–Kier alpha value is -2.83. The Morgan fingerprint density at radius 1 is 0.938 bits per heavy atom. The zero-order chi connectivity index (χ0) is 34.4. The average Bonchev–Trinajstić information content (AvgIpc) is 3.63. The van der Waals surface area contributed by atoms with Gasteiger partial charge in [0.25, 0.3) is 0 Å². The van der Waals surface area contributed by atoms with E-state index in [-0.39, 0.29) is 45.4 Å². The quantitative estimate of drug-likeness (QED) is 0.286. The summed E-state index contributed by atoms with van der Waals surface area (Å²) < 4.78 is 12.8. The van der Waals surface area contributed by atoms with Crippen LogP contribution < -0.4 is 0 Å². The Bertz CT molecular complexity index is 1620. The number of ketones is 1. The topological polar surface area (TPSA) is 95.2 Å². The van der Waals surface area contributed by atoms with E-state index < -0.39 is 5.41 Å². The number of pyridine rings is 1. The first-order valence-corrected chi connectivity index (χ1v) is 18.8. The lowest BCUT2D eigenvalue weighted by Gasteiger charge is -2.72. The van der Waals surface area contributed by atoms with E-state index in [9.17, 15) is 9.59 Å². The average molecular weight is 656 g/mol. The van der Waals surface area contributed by atoms with Crippen LogP contribution in [0, 0.1) is 51.2 Å². The van der Waals surface area contributed by atoms with Crippen molar-refractivity contribution in [3.05, 3.63) is 41.6 Å². The van der Waals surface area contributed by atoms with E-state index in [1.807, 2.05) is 12.1 Å². The second-order valence-corrected chi connectivity index (χ2v) is 18.4. The van der Waals surface area contributed by atoms with Gasteiger partial charge in [-0.25, -0.2) is 0 Å². The van der Waals surface area contributed by atoms with E-state index in [4.69, 9.17) is 14.3 Å². The van der Waals surface area contributed by atoms with Crippen molar-refractivity contribution in [3.8, 4) is 11.5 Å². The molecular formula is C41H57N3O4. The normalized spacial score (nSPS) is 38.8. The second-order valence-electron chi connectivity index (χ2n) is 18.4. The van der Waals surface area contributed by atoms with Crippen molar-refractivity contribution in [2.45, 2.75) is 138 Å². The number of allylic oxidation sites excluding steroid dienone is 2. The van der Waals surface area contributed by atoms with Gasteiger partial charge in [0.05, 0.1) is 11.0 Å². The van der Waals surface area contributed by atoms with Crippen molar-refractivity contribution in [1.82, 2.24) is 15.2 Å². The van der Waals surface area contributed by atoms with Gasteiger partial charge in [-0.2, -0.15) is 0 Å². The van der Waals surface area contributed by atoms with Crippen LogP contribution in [0.15, 0.2) is 40.1 Å². The number of esters is 1. The predicted molar refractivity (Wildman–Crippen MR) is 186 cm³/mol. The maximum atomic E-state index is 14.1. The van der Waals surface area contributed by atoms with Gasteiger partial charge >= 0.3 is 5.97 Å². The number of hydrogen-bond acceptors (Lipinski definition) is 7. The summed E-state index contributed by atoms with van der Waals surface area (Å²) in [6, 6.07) is 3.83. The molecule has 7 heteroatoms. The van der Waals surface area contributed by atoms with Gasteiger partial charge in [-0.3, -0.25) is 14.6 Å². The van der Waals surface area contributed by atoms with E-state index in [0.717, 1.165) is 62.5 Å².